The van der Waals surface area contributed by atoms with Crippen molar-refractivity contribution in [3.8, 4) is 0 Å². The van der Waals surface area contributed by atoms with E-state index in [9.17, 15) is 9.59 Å². The zero-order valence-corrected chi connectivity index (χ0v) is 14.0. The summed E-state index contributed by atoms with van der Waals surface area (Å²) in [4.78, 5) is 27.8. The predicted molar refractivity (Wildman–Crippen MR) is 90.5 cm³/mol. The molecule has 0 aliphatic carbocycles. The fourth-order valence-electron chi connectivity index (χ4n) is 2.70. The fraction of sp³-hybridized carbons (Fsp3) is 0.353. The number of hydrogen-bond donors (Lipinski definition) is 2. The maximum Gasteiger partial charge on any atom is 0.226 e. The predicted octanol–water partition coefficient (Wildman–Crippen LogP) is 2.76. The maximum absolute atomic E-state index is 12.1. The van der Waals surface area contributed by atoms with Gasteiger partial charge in [0.2, 0.25) is 11.8 Å². The molecule has 2 heterocycles. The first-order chi connectivity index (χ1) is 11.0. The number of hydrogen-bond acceptors (Lipinski definition) is 4. The molecule has 23 heavy (non-hydrogen) atoms. The average molecular weight is 329 g/mol. The van der Waals surface area contributed by atoms with Crippen LogP contribution in [0.5, 0.6) is 0 Å². The van der Waals surface area contributed by atoms with Gasteiger partial charge >= 0.3 is 0 Å². The number of anilines is 1. The molecule has 0 saturated heterocycles. The lowest BCUT2D eigenvalue weighted by molar-refractivity contribution is -0.121. The largest absolute Gasteiger partial charge is 0.349 e. The minimum atomic E-state index is -0.0786. The number of carbonyl (C=O) groups is 2. The number of rotatable bonds is 4. The number of aryl methyl sites for hydroxylation is 2. The SMILES string of the molecule is Cc1nc(CC(=O)N[C@@H](C)c2ccc3c(c2)CCC(=O)N3)cs1. The summed E-state index contributed by atoms with van der Waals surface area (Å²) in [6, 6.07) is 5.84. The highest BCUT2D eigenvalue weighted by Crippen LogP contribution is 2.26. The van der Waals surface area contributed by atoms with Crippen LogP contribution in [0.25, 0.3) is 0 Å². The monoisotopic (exact) mass is 329 g/mol. The van der Waals surface area contributed by atoms with Gasteiger partial charge in [0, 0.05) is 17.5 Å². The molecular formula is C17H19N3O2S. The van der Waals surface area contributed by atoms with E-state index in [1.807, 2.05) is 31.4 Å². The highest BCUT2D eigenvalue weighted by atomic mass is 32.1. The zero-order valence-electron chi connectivity index (χ0n) is 13.2. The maximum atomic E-state index is 12.1. The normalized spacial score (nSPS) is 14.8. The van der Waals surface area contributed by atoms with Gasteiger partial charge in [0.1, 0.15) is 0 Å². The Hall–Kier alpha value is -2.21. The molecule has 1 aliphatic rings. The summed E-state index contributed by atoms with van der Waals surface area (Å²) < 4.78 is 0. The molecule has 0 radical (unpaired) electrons. The first-order valence-corrected chi connectivity index (χ1v) is 8.52. The molecule has 0 saturated carbocycles. The van der Waals surface area contributed by atoms with Crippen LogP contribution in [0.15, 0.2) is 23.6 Å². The van der Waals surface area contributed by atoms with Crippen molar-refractivity contribution >= 4 is 28.8 Å². The quantitative estimate of drug-likeness (QED) is 0.906. The number of carbonyl (C=O) groups excluding carboxylic acids is 2. The first kappa shape index (κ1) is 15.7. The lowest BCUT2D eigenvalue weighted by Gasteiger charge is -2.20. The van der Waals surface area contributed by atoms with Gasteiger partial charge in [0.05, 0.1) is 23.2 Å². The van der Waals surface area contributed by atoms with Crippen molar-refractivity contribution in [2.24, 2.45) is 0 Å². The Morgan fingerprint density at radius 2 is 2.26 bits per heavy atom. The lowest BCUT2D eigenvalue weighted by atomic mass is 9.98. The molecule has 0 spiro atoms. The molecule has 6 heteroatoms. The Morgan fingerprint density at radius 1 is 1.43 bits per heavy atom. The van der Waals surface area contributed by atoms with E-state index >= 15 is 0 Å². The van der Waals surface area contributed by atoms with Gasteiger partial charge < -0.3 is 10.6 Å². The van der Waals surface area contributed by atoms with Crippen LogP contribution >= 0.6 is 11.3 Å². The lowest BCUT2D eigenvalue weighted by Crippen LogP contribution is -2.28. The van der Waals surface area contributed by atoms with E-state index in [4.69, 9.17) is 0 Å². The average Bonchev–Trinajstić information content (AvgIpc) is 2.91. The summed E-state index contributed by atoms with van der Waals surface area (Å²) in [7, 11) is 0. The number of benzene rings is 1. The standard InChI is InChI=1S/C17H19N3O2S/c1-10(18-17(22)8-14-9-23-11(2)19-14)12-3-5-15-13(7-12)4-6-16(21)20-15/h3,5,7,9-10H,4,6,8H2,1-2H3,(H,18,22)(H,20,21)/t10-/m0/s1. The van der Waals surface area contributed by atoms with Crippen LogP contribution in [0.3, 0.4) is 0 Å². The second-order valence-corrected chi connectivity index (χ2v) is 6.85. The van der Waals surface area contributed by atoms with Gasteiger partial charge in [-0.05, 0) is 37.5 Å². The number of aromatic nitrogens is 1. The smallest absolute Gasteiger partial charge is 0.226 e. The van der Waals surface area contributed by atoms with Gasteiger partial charge in [0.15, 0.2) is 0 Å². The third kappa shape index (κ3) is 3.76. The van der Waals surface area contributed by atoms with E-state index in [1.54, 1.807) is 11.3 Å². The molecule has 120 valence electrons. The van der Waals surface area contributed by atoms with Gasteiger partial charge in [-0.15, -0.1) is 11.3 Å². The second-order valence-electron chi connectivity index (χ2n) is 5.79. The third-order valence-electron chi connectivity index (χ3n) is 3.91. The number of amides is 2. The van der Waals surface area contributed by atoms with Gasteiger partial charge in [-0.3, -0.25) is 9.59 Å². The minimum absolute atomic E-state index is 0.0335. The zero-order chi connectivity index (χ0) is 16.4. The molecule has 2 amide bonds. The number of nitrogens with zero attached hydrogens (tertiary/aromatic N) is 1. The van der Waals surface area contributed by atoms with Crippen LogP contribution in [-0.4, -0.2) is 16.8 Å². The summed E-state index contributed by atoms with van der Waals surface area (Å²) >= 11 is 1.55. The van der Waals surface area contributed by atoms with E-state index < -0.39 is 0 Å². The van der Waals surface area contributed by atoms with E-state index in [0.717, 1.165) is 33.9 Å². The Bertz CT molecular complexity index is 754. The van der Waals surface area contributed by atoms with Crippen LogP contribution < -0.4 is 10.6 Å². The van der Waals surface area contributed by atoms with Crippen molar-refractivity contribution in [2.45, 2.75) is 39.2 Å². The molecular weight excluding hydrogens is 310 g/mol. The molecule has 0 fully saturated rings. The molecule has 1 atom stereocenters. The Morgan fingerprint density at radius 3 is 3.00 bits per heavy atom. The molecule has 0 bridgehead atoms. The van der Waals surface area contributed by atoms with Crippen molar-refractivity contribution in [2.75, 3.05) is 5.32 Å². The summed E-state index contributed by atoms with van der Waals surface area (Å²) in [6.07, 6.45) is 1.56. The van der Waals surface area contributed by atoms with Gasteiger partial charge in [-0.2, -0.15) is 0 Å². The molecule has 1 aliphatic heterocycles. The van der Waals surface area contributed by atoms with Crippen LogP contribution in [0.2, 0.25) is 0 Å². The van der Waals surface area contributed by atoms with Crippen LogP contribution in [-0.2, 0) is 22.4 Å². The Balaban J connectivity index is 1.65. The van der Waals surface area contributed by atoms with E-state index in [2.05, 4.69) is 21.7 Å². The Labute approximate surface area is 139 Å². The molecule has 3 rings (SSSR count). The fourth-order valence-corrected chi connectivity index (χ4v) is 3.32. The summed E-state index contributed by atoms with van der Waals surface area (Å²) in [5.74, 6) is 0.0268. The van der Waals surface area contributed by atoms with Gasteiger partial charge in [-0.1, -0.05) is 12.1 Å². The molecule has 5 nitrogen and oxygen atoms in total. The molecule has 1 aromatic heterocycles. The molecule has 2 aromatic rings. The number of thiazole rings is 1. The highest BCUT2D eigenvalue weighted by Gasteiger charge is 2.17. The number of nitrogens with one attached hydrogen (secondary N) is 2. The van der Waals surface area contributed by atoms with Crippen molar-refractivity contribution < 1.29 is 9.59 Å². The summed E-state index contributed by atoms with van der Waals surface area (Å²) in [6.45, 7) is 3.90. The van der Waals surface area contributed by atoms with E-state index in [-0.39, 0.29) is 17.9 Å². The van der Waals surface area contributed by atoms with E-state index in [0.29, 0.717) is 12.8 Å². The summed E-state index contributed by atoms with van der Waals surface area (Å²) in [5, 5.41) is 8.76. The van der Waals surface area contributed by atoms with Crippen molar-refractivity contribution in [3.05, 3.63) is 45.4 Å². The van der Waals surface area contributed by atoms with Crippen molar-refractivity contribution in [1.82, 2.24) is 10.3 Å². The highest BCUT2D eigenvalue weighted by molar-refractivity contribution is 7.09. The van der Waals surface area contributed by atoms with Gasteiger partial charge in [-0.25, -0.2) is 4.98 Å². The van der Waals surface area contributed by atoms with Crippen LogP contribution in [0.1, 0.15) is 41.2 Å². The van der Waals surface area contributed by atoms with E-state index in [1.165, 1.54) is 0 Å². The first-order valence-electron chi connectivity index (χ1n) is 7.64. The van der Waals surface area contributed by atoms with Crippen molar-refractivity contribution in [1.29, 1.82) is 0 Å². The summed E-state index contributed by atoms with van der Waals surface area (Å²) in [5.41, 5.74) is 3.85. The minimum Gasteiger partial charge on any atom is -0.349 e. The van der Waals surface area contributed by atoms with Crippen LogP contribution in [0.4, 0.5) is 5.69 Å². The topological polar surface area (TPSA) is 71.1 Å². The Kier molecular flexibility index (Phi) is 4.43. The number of fused-ring (bicyclic) bond motifs is 1. The second kappa shape index (κ2) is 6.50. The van der Waals surface area contributed by atoms with Crippen LogP contribution in [0, 0.1) is 6.92 Å². The molecule has 0 unspecified atom stereocenters. The van der Waals surface area contributed by atoms with Gasteiger partial charge in [0.25, 0.3) is 0 Å². The molecule has 2 N–H and O–H groups in total. The van der Waals surface area contributed by atoms with Crippen molar-refractivity contribution in [3.63, 3.8) is 0 Å². The molecule has 1 aromatic carbocycles. The third-order valence-corrected chi connectivity index (χ3v) is 4.73.